The maximum atomic E-state index is 12.3. The predicted molar refractivity (Wildman–Crippen MR) is 92.3 cm³/mol. The summed E-state index contributed by atoms with van der Waals surface area (Å²) >= 11 is 0. The van der Waals surface area contributed by atoms with Crippen molar-refractivity contribution in [1.29, 1.82) is 5.26 Å². The lowest BCUT2D eigenvalue weighted by molar-refractivity contribution is 0.0471. The first-order valence-corrected chi connectivity index (χ1v) is 8.89. The molecule has 2 rings (SSSR count). The number of aryl methyl sites for hydroxylation is 1. The van der Waals surface area contributed by atoms with Crippen LogP contribution in [0.4, 0.5) is 0 Å². The molecule has 2 aromatic rings. The van der Waals surface area contributed by atoms with E-state index in [0.29, 0.717) is 11.1 Å². The van der Waals surface area contributed by atoms with Crippen LogP contribution in [0.1, 0.15) is 27.0 Å². The van der Waals surface area contributed by atoms with Crippen molar-refractivity contribution in [2.24, 2.45) is 0 Å². The summed E-state index contributed by atoms with van der Waals surface area (Å²) in [7, 11) is -0.772. The fourth-order valence-electron chi connectivity index (χ4n) is 2.09. The van der Waals surface area contributed by atoms with E-state index >= 15 is 0 Å². The van der Waals surface area contributed by atoms with Gasteiger partial charge in [-0.1, -0.05) is 18.2 Å². The standard InChI is InChI=1S/C18H18N2O4S/c1-13-4-9-16(25(22,23)20(2)3)10-17(13)18(21)24-12-15-7-5-14(11-19)6-8-15/h4-10H,12H2,1-3H3. The molecular weight excluding hydrogens is 340 g/mol. The zero-order chi connectivity index (χ0) is 18.6. The van der Waals surface area contributed by atoms with Gasteiger partial charge in [0.2, 0.25) is 10.0 Å². The highest BCUT2D eigenvalue weighted by molar-refractivity contribution is 7.89. The van der Waals surface area contributed by atoms with E-state index in [9.17, 15) is 13.2 Å². The van der Waals surface area contributed by atoms with Gasteiger partial charge in [0.1, 0.15) is 6.61 Å². The Hall–Kier alpha value is -2.69. The van der Waals surface area contributed by atoms with Crippen LogP contribution < -0.4 is 0 Å². The third kappa shape index (κ3) is 4.24. The van der Waals surface area contributed by atoms with E-state index in [1.54, 1.807) is 37.3 Å². The van der Waals surface area contributed by atoms with Crippen LogP contribution >= 0.6 is 0 Å². The van der Waals surface area contributed by atoms with E-state index < -0.39 is 16.0 Å². The lowest BCUT2D eigenvalue weighted by Gasteiger charge is -2.13. The van der Waals surface area contributed by atoms with Gasteiger partial charge in [-0.3, -0.25) is 0 Å². The van der Waals surface area contributed by atoms with E-state index in [1.807, 2.05) is 6.07 Å². The van der Waals surface area contributed by atoms with Crippen molar-refractivity contribution in [2.75, 3.05) is 14.1 Å². The summed E-state index contributed by atoms with van der Waals surface area (Å²) in [4.78, 5) is 12.4. The molecule has 2 aromatic carbocycles. The molecule has 0 aliphatic carbocycles. The number of carbonyl (C=O) groups is 1. The Balaban J connectivity index is 2.20. The summed E-state index contributed by atoms with van der Waals surface area (Å²) in [6.07, 6.45) is 0. The Labute approximate surface area is 147 Å². The average Bonchev–Trinajstić information content (AvgIpc) is 2.60. The highest BCUT2D eigenvalue weighted by Crippen LogP contribution is 2.19. The van der Waals surface area contributed by atoms with Crippen molar-refractivity contribution in [1.82, 2.24) is 4.31 Å². The van der Waals surface area contributed by atoms with Gasteiger partial charge in [-0.05, 0) is 42.3 Å². The van der Waals surface area contributed by atoms with Crippen molar-refractivity contribution >= 4 is 16.0 Å². The van der Waals surface area contributed by atoms with Gasteiger partial charge in [0, 0.05) is 14.1 Å². The molecule has 130 valence electrons. The maximum Gasteiger partial charge on any atom is 0.338 e. The van der Waals surface area contributed by atoms with Crippen molar-refractivity contribution in [3.05, 3.63) is 64.7 Å². The van der Waals surface area contributed by atoms with Gasteiger partial charge < -0.3 is 4.74 Å². The molecule has 0 saturated heterocycles. The molecule has 0 fully saturated rings. The summed E-state index contributed by atoms with van der Waals surface area (Å²) in [5.41, 5.74) is 2.09. The molecule has 0 aliphatic heterocycles. The van der Waals surface area contributed by atoms with Crippen LogP contribution in [0.5, 0.6) is 0 Å². The Morgan fingerprint density at radius 2 is 1.80 bits per heavy atom. The number of nitriles is 1. The van der Waals surface area contributed by atoms with Crippen molar-refractivity contribution in [2.45, 2.75) is 18.4 Å². The number of benzene rings is 2. The number of ether oxygens (including phenoxy) is 1. The van der Waals surface area contributed by atoms with Gasteiger partial charge in [-0.2, -0.15) is 5.26 Å². The molecule has 25 heavy (non-hydrogen) atoms. The molecule has 0 aliphatic rings. The highest BCUT2D eigenvalue weighted by atomic mass is 32.2. The molecule has 0 heterocycles. The molecular formula is C18H18N2O4S. The van der Waals surface area contributed by atoms with Gasteiger partial charge in [-0.15, -0.1) is 0 Å². The molecule has 6 nitrogen and oxygen atoms in total. The summed E-state index contributed by atoms with van der Waals surface area (Å²) in [5.74, 6) is -0.599. The molecule has 0 bridgehead atoms. The lowest BCUT2D eigenvalue weighted by atomic mass is 10.1. The SMILES string of the molecule is Cc1ccc(S(=O)(=O)N(C)C)cc1C(=O)OCc1ccc(C#N)cc1. The molecule has 0 saturated carbocycles. The Morgan fingerprint density at radius 3 is 2.36 bits per heavy atom. The first-order chi connectivity index (χ1) is 11.8. The second-order valence-electron chi connectivity index (χ2n) is 5.65. The van der Waals surface area contributed by atoms with Gasteiger partial charge >= 0.3 is 5.97 Å². The summed E-state index contributed by atoms with van der Waals surface area (Å²) in [6.45, 7) is 1.75. The topological polar surface area (TPSA) is 87.5 Å². The van der Waals surface area contributed by atoms with Crippen LogP contribution in [0, 0.1) is 18.3 Å². The minimum atomic E-state index is -3.63. The lowest BCUT2D eigenvalue weighted by Crippen LogP contribution is -2.22. The first kappa shape index (κ1) is 18.6. The zero-order valence-corrected chi connectivity index (χ0v) is 15.0. The van der Waals surface area contributed by atoms with E-state index in [4.69, 9.17) is 10.00 Å². The summed E-state index contributed by atoms with van der Waals surface area (Å²) in [5, 5.41) is 8.77. The second kappa shape index (κ2) is 7.47. The third-order valence-electron chi connectivity index (χ3n) is 3.66. The first-order valence-electron chi connectivity index (χ1n) is 7.45. The third-order valence-corrected chi connectivity index (χ3v) is 5.47. The van der Waals surface area contributed by atoms with Gasteiger partial charge in [0.25, 0.3) is 0 Å². The Kier molecular flexibility index (Phi) is 5.57. The van der Waals surface area contributed by atoms with E-state index in [2.05, 4.69) is 0 Å². The van der Waals surface area contributed by atoms with E-state index in [0.717, 1.165) is 9.87 Å². The molecule has 0 aromatic heterocycles. The second-order valence-corrected chi connectivity index (χ2v) is 7.80. The average molecular weight is 358 g/mol. The smallest absolute Gasteiger partial charge is 0.338 e. The van der Waals surface area contributed by atoms with Crippen LogP contribution in [0.25, 0.3) is 0 Å². The zero-order valence-electron chi connectivity index (χ0n) is 14.2. The normalized spacial score (nSPS) is 11.2. The minimum absolute atomic E-state index is 0.0356. The Bertz CT molecular complexity index is 927. The fourth-order valence-corrected chi connectivity index (χ4v) is 3.02. The van der Waals surface area contributed by atoms with E-state index in [1.165, 1.54) is 26.2 Å². The molecule has 0 amide bonds. The Morgan fingerprint density at radius 1 is 1.16 bits per heavy atom. The molecule has 0 radical (unpaired) electrons. The molecule has 0 unspecified atom stereocenters. The van der Waals surface area contributed by atoms with Gasteiger partial charge in [0.15, 0.2) is 0 Å². The minimum Gasteiger partial charge on any atom is -0.457 e. The van der Waals surface area contributed by atoms with Gasteiger partial charge in [0.05, 0.1) is 22.1 Å². The largest absolute Gasteiger partial charge is 0.457 e. The number of esters is 1. The number of sulfonamides is 1. The van der Waals surface area contributed by atoms with Crippen molar-refractivity contribution < 1.29 is 17.9 Å². The number of nitrogens with zero attached hydrogens (tertiary/aromatic N) is 2. The molecule has 0 spiro atoms. The predicted octanol–water partition coefficient (Wildman–Crippen LogP) is 2.47. The van der Waals surface area contributed by atoms with Crippen LogP contribution in [0.15, 0.2) is 47.4 Å². The summed E-state index contributed by atoms with van der Waals surface area (Å²) < 4.78 is 30.8. The maximum absolute atomic E-state index is 12.3. The molecule has 0 atom stereocenters. The van der Waals surface area contributed by atoms with Crippen molar-refractivity contribution in [3.63, 3.8) is 0 Å². The van der Waals surface area contributed by atoms with Crippen LogP contribution in [0.3, 0.4) is 0 Å². The van der Waals surface area contributed by atoms with E-state index in [-0.39, 0.29) is 17.1 Å². The van der Waals surface area contributed by atoms with Crippen molar-refractivity contribution in [3.8, 4) is 6.07 Å². The molecule has 7 heteroatoms. The van der Waals surface area contributed by atoms with Crippen LogP contribution in [-0.2, 0) is 21.4 Å². The quantitative estimate of drug-likeness (QED) is 0.766. The number of rotatable bonds is 5. The van der Waals surface area contributed by atoms with Crippen LogP contribution in [0.2, 0.25) is 0 Å². The number of hydrogen-bond donors (Lipinski definition) is 0. The fraction of sp³-hybridized carbons (Fsp3) is 0.222. The number of carbonyl (C=O) groups excluding carboxylic acids is 1. The highest BCUT2D eigenvalue weighted by Gasteiger charge is 2.20. The number of hydrogen-bond acceptors (Lipinski definition) is 5. The van der Waals surface area contributed by atoms with Gasteiger partial charge in [-0.25, -0.2) is 17.5 Å². The summed E-state index contributed by atoms with van der Waals surface area (Å²) in [6, 6.07) is 13.1. The van der Waals surface area contributed by atoms with Crippen LogP contribution in [-0.4, -0.2) is 32.8 Å². The monoisotopic (exact) mass is 358 g/mol. The molecule has 0 N–H and O–H groups in total.